The van der Waals surface area contributed by atoms with Crippen molar-refractivity contribution in [2.45, 2.75) is 30.6 Å². The Labute approximate surface area is 231 Å². The molecular weight excluding hydrogens is 536 g/mol. The van der Waals surface area contributed by atoms with Gasteiger partial charge in [0.2, 0.25) is 5.91 Å². The zero-order chi connectivity index (χ0) is 28.7. The van der Waals surface area contributed by atoms with Crippen molar-refractivity contribution in [1.82, 2.24) is 10.2 Å². The summed E-state index contributed by atoms with van der Waals surface area (Å²) < 4.78 is 29.6. The average molecular weight is 567 g/mol. The molecule has 2 unspecified atom stereocenters. The van der Waals surface area contributed by atoms with Crippen LogP contribution in [0, 0.1) is 0 Å². The van der Waals surface area contributed by atoms with Crippen LogP contribution in [0.15, 0.2) is 58.1 Å². The SMILES string of the molecule is CCC(Nc1c(Nc2cccc(C(=O)N3CCS(=O)(=O)C4(CCNC4=O)C3)c2OC)c(=O)c1=O)c1ccccc1. The average Bonchev–Trinajstić information content (AvgIpc) is 3.34. The Kier molecular flexibility index (Phi) is 7.13. The van der Waals surface area contributed by atoms with E-state index in [4.69, 9.17) is 4.74 Å². The van der Waals surface area contributed by atoms with Crippen LogP contribution in [0.3, 0.4) is 0 Å². The summed E-state index contributed by atoms with van der Waals surface area (Å²) in [4.78, 5) is 52.6. The summed E-state index contributed by atoms with van der Waals surface area (Å²) in [5.41, 5.74) is 0.255. The molecule has 3 aromatic rings. The second-order valence-electron chi connectivity index (χ2n) is 9.98. The molecule has 2 heterocycles. The van der Waals surface area contributed by atoms with Gasteiger partial charge < -0.3 is 25.6 Å². The first-order valence-electron chi connectivity index (χ1n) is 13.0. The van der Waals surface area contributed by atoms with E-state index in [0.717, 1.165) is 5.56 Å². The number of ether oxygens (including phenoxy) is 1. The van der Waals surface area contributed by atoms with Gasteiger partial charge in [0.05, 0.1) is 30.2 Å². The molecule has 0 bridgehead atoms. The van der Waals surface area contributed by atoms with E-state index >= 15 is 0 Å². The summed E-state index contributed by atoms with van der Waals surface area (Å²) in [6.07, 6.45) is 0.763. The lowest BCUT2D eigenvalue weighted by atomic mass is 10.0. The van der Waals surface area contributed by atoms with Crippen molar-refractivity contribution in [3.63, 3.8) is 0 Å². The maximum atomic E-state index is 13.6. The molecule has 40 heavy (non-hydrogen) atoms. The van der Waals surface area contributed by atoms with E-state index in [9.17, 15) is 27.6 Å². The van der Waals surface area contributed by atoms with E-state index in [1.165, 1.54) is 18.1 Å². The summed E-state index contributed by atoms with van der Waals surface area (Å²) in [6, 6.07) is 14.1. The van der Waals surface area contributed by atoms with Gasteiger partial charge in [-0.25, -0.2) is 8.42 Å². The highest BCUT2D eigenvalue weighted by Crippen LogP contribution is 2.37. The van der Waals surface area contributed by atoms with E-state index in [1.54, 1.807) is 12.1 Å². The Balaban J connectivity index is 1.42. The molecule has 2 saturated heterocycles. The topological polar surface area (TPSA) is 151 Å². The molecule has 5 rings (SSSR count). The molecule has 2 amide bonds. The number of carbonyl (C=O) groups excluding carboxylic acids is 2. The van der Waals surface area contributed by atoms with Crippen molar-refractivity contribution in [3.05, 3.63) is 80.1 Å². The summed E-state index contributed by atoms with van der Waals surface area (Å²) in [6.45, 7) is 1.86. The van der Waals surface area contributed by atoms with E-state index in [2.05, 4.69) is 16.0 Å². The number of rotatable bonds is 8. The second-order valence-corrected chi connectivity index (χ2v) is 12.4. The third-order valence-electron chi connectivity index (χ3n) is 7.74. The van der Waals surface area contributed by atoms with Crippen molar-refractivity contribution in [3.8, 4) is 5.75 Å². The molecule has 3 aromatic carbocycles. The molecule has 2 aliphatic heterocycles. The Hall–Kier alpha value is -4.19. The summed E-state index contributed by atoms with van der Waals surface area (Å²) in [5.74, 6) is -1.30. The molecule has 11 nitrogen and oxygen atoms in total. The standard InChI is InChI=1S/C28H30N4O7S/c1-3-19(17-8-5-4-6-9-17)30-21-22(24(34)23(21)33)31-20-11-7-10-18(25(20)39-2)26(35)32-14-15-40(37,38)28(16-32)12-13-29-27(28)36/h4-11,19,30-31H,3,12-16H2,1-2H3,(H,29,36). The first-order valence-corrected chi connectivity index (χ1v) is 14.7. The van der Waals surface area contributed by atoms with Crippen molar-refractivity contribution in [1.29, 1.82) is 0 Å². The zero-order valence-electron chi connectivity index (χ0n) is 22.2. The number of benzene rings is 2. The number of sulfone groups is 1. The number of carbonyl (C=O) groups is 2. The van der Waals surface area contributed by atoms with E-state index in [1.807, 2.05) is 37.3 Å². The molecule has 0 radical (unpaired) electrons. The van der Waals surface area contributed by atoms with Crippen molar-refractivity contribution >= 4 is 38.7 Å². The number of hydrogen-bond donors (Lipinski definition) is 3. The third kappa shape index (κ3) is 4.41. The summed E-state index contributed by atoms with van der Waals surface area (Å²) in [7, 11) is -2.37. The molecule has 210 valence electrons. The molecule has 0 saturated carbocycles. The molecule has 2 aliphatic rings. The Morgan fingerprint density at radius 2 is 1.80 bits per heavy atom. The van der Waals surface area contributed by atoms with Crippen molar-refractivity contribution in [2.75, 3.05) is 43.1 Å². The van der Waals surface area contributed by atoms with Crippen molar-refractivity contribution < 1.29 is 22.7 Å². The summed E-state index contributed by atoms with van der Waals surface area (Å²) >= 11 is 0. The number of hydrogen-bond acceptors (Lipinski definition) is 9. The smallest absolute Gasteiger partial charge is 0.257 e. The monoisotopic (exact) mass is 566 g/mol. The summed E-state index contributed by atoms with van der Waals surface area (Å²) in [5, 5.41) is 8.72. The van der Waals surface area contributed by atoms with Gasteiger partial charge in [0.15, 0.2) is 20.3 Å². The highest BCUT2D eigenvalue weighted by atomic mass is 32.2. The molecule has 1 spiro atoms. The van der Waals surface area contributed by atoms with Gasteiger partial charge in [0.1, 0.15) is 11.4 Å². The lowest BCUT2D eigenvalue weighted by molar-refractivity contribution is -0.121. The Morgan fingerprint density at radius 3 is 2.45 bits per heavy atom. The minimum atomic E-state index is -3.74. The fourth-order valence-corrected chi connectivity index (χ4v) is 7.41. The number of nitrogens with one attached hydrogen (secondary N) is 3. The quantitative estimate of drug-likeness (QED) is 0.346. The molecule has 2 atom stereocenters. The van der Waals surface area contributed by atoms with Crippen molar-refractivity contribution in [2.24, 2.45) is 0 Å². The number of anilines is 3. The first kappa shape index (κ1) is 27.4. The van der Waals surface area contributed by atoms with Gasteiger partial charge in [-0.2, -0.15) is 0 Å². The molecule has 0 aliphatic carbocycles. The van der Waals surface area contributed by atoms with Crippen LogP contribution in [0.2, 0.25) is 0 Å². The van der Waals surface area contributed by atoms with Gasteiger partial charge in [0, 0.05) is 19.6 Å². The van der Waals surface area contributed by atoms with Crippen LogP contribution in [0.25, 0.3) is 0 Å². The van der Waals surface area contributed by atoms with Crippen LogP contribution >= 0.6 is 0 Å². The minimum Gasteiger partial charge on any atom is -0.494 e. The maximum absolute atomic E-state index is 13.6. The van der Waals surface area contributed by atoms with Gasteiger partial charge in [-0.05, 0) is 30.5 Å². The molecular formula is C28H30N4O7S. The molecule has 2 fully saturated rings. The first-order chi connectivity index (χ1) is 19.1. The lowest BCUT2D eigenvalue weighted by Crippen LogP contribution is -2.61. The van der Waals surface area contributed by atoms with Crippen LogP contribution in [0.5, 0.6) is 5.75 Å². The fraction of sp³-hybridized carbons (Fsp3) is 0.357. The molecule has 3 N–H and O–H groups in total. The van der Waals surface area contributed by atoms with Crippen LogP contribution in [-0.4, -0.2) is 62.4 Å². The lowest BCUT2D eigenvalue weighted by Gasteiger charge is -2.38. The number of amides is 2. The van der Waals surface area contributed by atoms with Crippen LogP contribution < -0.4 is 31.5 Å². The van der Waals surface area contributed by atoms with E-state index in [0.29, 0.717) is 6.42 Å². The van der Waals surface area contributed by atoms with Crippen LogP contribution in [-0.2, 0) is 14.6 Å². The molecule has 0 aromatic heterocycles. The van der Waals surface area contributed by atoms with Gasteiger partial charge in [-0.1, -0.05) is 43.3 Å². The van der Waals surface area contributed by atoms with Crippen LogP contribution in [0.4, 0.5) is 17.1 Å². The van der Waals surface area contributed by atoms with E-state index < -0.39 is 37.3 Å². The zero-order valence-corrected chi connectivity index (χ0v) is 23.0. The van der Waals surface area contributed by atoms with Crippen LogP contribution in [0.1, 0.15) is 41.7 Å². The predicted molar refractivity (Wildman–Crippen MR) is 151 cm³/mol. The Bertz CT molecular complexity index is 1650. The Morgan fingerprint density at radius 1 is 1.07 bits per heavy atom. The number of methoxy groups -OCH3 is 1. The third-order valence-corrected chi connectivity index (χ3v) is 10.2. The largest absolute Gasteiger partial charge is 0.494 e. The van der Waals surface area contributed by atoms with E-state index in [-0.39, 0.29) is 66.2 Å². The second kappa shape index (κ2) is 10.4. The fourth-order valence-electron chi connectivity index (χ4n) is 5.44. The van der Waals surface area contributed by atoms with Gasteiger partial charge >= 0.3 is 0 Å². The highest BCUT2D eigenvalue weighted by Gasteiger charge is 2.57. The highest BCUT2D eigenvalue weighted by molar-refractivity contribution is 7.93. The van der Waals surface area contributed by atoms with Gasteiger partial charge in [-0.3, -0.25) is 19.2 Å². The predicted octanol–water partition coefficient (Wildman–Crippen LogP) is 1.73. The van der Waals surface area contributed by atoms with Gasteiger partial charge in [0.25, 0.3) is 16.8 Å². The number of nitrogens with zero attached hydrogens (tertiary/aromatic N) is 1. The van der Waals surface area contributed by atoms with Gasteiger partial charge in [-0.15, -0.1) is 0 Å². The normalized spacial score (nSPS) is 20.8. The minimum absolute atomic E-state index is 0.0629. The maximum Gasteiger partial charge on any atom is 0.257 e. The molecule has 12 heteroatoms. The number of para-hydroxylation sites is 1.